The predicted molar refractivity (Wildman–Crippen MR) is 114 cm³/mol. The van der Waals surface area contributed by atoms with Gasteiger partial charge in [0.05, 0.1) is 30.8 Å². The third kappa shape index (κ3) is 3.65. The molecule has 30 heavy (non-hydrogen) atoms. The van der Waals surface area contributed by atoms with E-state index in [0.717, 1.165) is 4.57 Å². The number of methoxy groups -OCH3 is 1. The maximum absolute atomic E-state index is 13.2. The fourth-order valence-electron chi connectivity index (χ4n) is 3.63. The second-order valence-electron chi connectivity index (χ2n) is 7.83. The van der Waals surface area contributed by atoms with Gasteiger partial charge in [-0.15, -0.1) is 0 Å². The maximum atomic E-state index is 13.2. The van der Waals surface area contributed by atoms with E-state index in [1.165, 1.54) is 11.6 Å². The van der Waals surface area contributed by atoms with E-state index in [1.54, 1.807) is 39.3 Å². The van der Waals surface area contributed by atoms with Gasteiger partial charge < -0.3 is 14.8 Å². The van der Waals surface area contributed by atoms with Crippen molar-refractivity contribution in [1.29, 1.82) is 0 Å². The highest BCUT2D eigenvalue weighted by atomic mass is 16.5. The Morgan fingerprint density at radius 1 is 1.20 bits per heavy atom. The molecule has 1 unspecified atom stereocenters. The molecule has 1 aliphatic rings. The number of allylic oxidation sites excluding steroid dienone is 1. The number of aromatic nitrogens is 2. The fourth-order valence-corrected chi connectivity index (χ4v) is 3.63. The molecule has 8 heteroatoms. The molecule has 3 rings (SSSR count). The zero-order valence-corrected chi connectivity index (χ0v) is 18.1. The van der Waals surface area contributed by atoms with E-state index in [2.05, 4.69) is 5.32 Å². The third-order valence-corrected chi connectivity index (χ3v) is 5.18. The van der Waals surface area contributed by atoms with E-state index in [-0.39, 0.29) is 12.5 Å². The Balaban J connectivity index is 2.30. The summed E-state index contributed by atoms with van der Waals surface area (Å²) in [5.74, 6) is -0.0668. The Morgan fingerprint density at radius 2 is 1.90 bits per heavy atom. The molecule has 1 atom stereocenters. The lowest BCUT2D eigenvalue weighted by Crippen LogP contribution is -2.43. The van der Waals surface area contributed by atoms with E-state index < -0.39 is 23.1 Å². The highest BCUT2D eigenvalue weighted by Crippen LogP contribution is 2.40. The number of esters is 1. The zero-order chi connectivity index (χ0) is 22.2. The Bertz CT molecular complexity index is 1140. The summed E-state index contributed by atoms with van der Waals surface area (Å²) in [5.41, 5.74) is 0.975. The van der Waals surface area contributed by atoms with Gasteiger partial charge in [0.2, 0.25) is 0 Å². The number of hydrogen-bond donors (Lipinski definition) is 1. The van der Waals surface area contributed by atoms with Gasteiger partial charge in [0.15, 0.2) is 0 Å². The summed E-state index contributed by atoms with van der Waals surface area (Å²) in [5, 5.41) is 3.08. The van der Waals surface area contributed by atoms with Crippen LogP contribution in [0.3, 0.4) is 0 Å². The largest absolute Gasteiger partial charge is 0.497 e. The monoisotopic (exact) mass is 413 g/mol. The Kier molecular flexibility index (Phi) is 5.87. The number of nitrogens with one attached hydrogen (secondary N) is 1. The van der Waals surface area contributed by atoms with Crippen molar-refractivity contribution in [3.8, 4) is 5.75 Å². The van der Waals surface area contributed by atoms with Crippen molar-refractivity contribution in [2.24, 2.45) is 20.0 Å². The molecule has 1 N–H and O–H groups in total. The summed E-state index contributed by atoms with van der Waals surface area (Å²) in [6.07, 6.45) is 0. The molecule has 0 fully saturated rings. The van der Waals surface area contributed by atoms with Crippen LogP contribution in [-0.4, -0.2) is 28.8 Å². The van der Waals surface area contributed by atoms with Crippen LogP contribution in [-0.2, 0) is 23.6 Å². The molecule has 8 nitrogen and oxygen atoms in total. The summed E-state index contributed by atoms with van der Waals surface area (Å²) >= 11 is 0. The maximum Gasteiger partial charge on any atom is 0.336 e. The molecule has 0 saturated heterocycles. The van der Waals surface area contributed by atoms with Crippen molar-refractivity contribution in [1.82, 2.24) is 9.13 Å². The number of anilines is 1. The summed E-state index contributed by atoms with van der Waals surface area (Å²) in [6, 6.07) is 7.20. The van der Waals surface area contributed by atoms with E-state index in [1.807, 2.05) is 19.9 Å². The summed E-state index contributed by atoms with van der Waals surface area (Å²) in [4.78, 5) is 38.7. The number of ether oxygens (including phenoxy) is 2. The van der Waals surface area contributed by atoms with Crippen LogP contribution in [0.1, 0.15) is 37.8 Å². The van der Waals surface area contributed by atoms with Crippen molar-refractivity contribution in [2.75, 3.05) is 19.0 Å². The summed E-state index contributed by atoms with van der Waals surface area (Å²) in [7, 11) is 4.57. The molecular formula is C22H27N3O5. The standard InChI is InChI=1S/C22H27N3O5/c1-12(2)11-30-21(27)16-13(3)23-19-18(20(26)25(5)22(28)24(19)4)17(16)14-8-7-9-15(10-14)29-6/h7-10,12,17,23H,11H2,1-6H3. The van der Waals surface area contributed by atoms with Crippen LogP contribution in [0.2, 0.25) is 0 Å². The predicted octanol–water partition coefficient (Wildman–Crippen LogP) is 2.12. The normalized spacial score (nSPS) is 15.6. The molecule has 2 aromatic rings. The number of nitrogens with zero attached hydrogens (tertiary/aromatic N) is 2. The Labute approximate surface area is 174 Å². The third-order valence-electron chi connectivity index (χ3n) is 5.18. The zero-order valence-electron chi connectivity index (χ0n) is 18.1. The minimum absolute atomic E-state index is 0.169. The van der Waals surface area contributed by atoms with Crippen LogP contribution < -0.4 is 21.3 Å². The highest BCUT2D eigenvalue weighted by Gasteiger charge is 2.37. The lowest BCUT2D eigenvalue weighted by Gasteiger charge is -2.31. The van der Waals surface area contributed by atoms with Crippen LogP contribution in [0.4, 0.5) is 5.82 Å². The second-order valence-corrected chi connectivity index (χ2v) is 7.83. The minimum atomic E-state index is -0.707. The van der Waals surface area contributed by atoms with Crippen LogP contribution in [0.15, 0.2) is 45.1 Å². The minimum Gasteiger partial charge on any atom is -0.497 e. The molecular weight excluding hydrogens is 386 g/mol. The first kappa shape index (κ1) is 21.4. The highest BCUT2D eigenvalue weighted by molar-refractivity contribution is 5.94. The lowest BCUT2D eigenvalue weighted by molar-refractivity contribution is -0.140. The van der Waals surface area contributed by atoms with Gasteiger partial charge in [0.25, 0.3) is 5.56 Å². The van der Waals surface area contributed by atoms with Gasteiger partial charge in [0.1, 0.15) is 11.6 Å². The number of benzene rings is 1. The van der Waals surface area contributed by atoms with Gasteiger partial charge >= 0.3 is 11.7 Å². The number of fused-ring (bicyclic) bond motifs is 1. The molecule has 0 aliphatic carbocycles. The number of hydrogen-bond acceptors (Lipinski definition) is 6. The van der Waals surface area contributed by atoms with Gasteiger partial charge in [-0.25, -0.2) is 9.59 Å². The first-order chi connectivity index (χ1) is 14.2. The molecule has 0 bridgehead atoms. The number of carbonyl (C=O) groups is 1. The van der Waals surface area contributed by atoms with Gasteiger partial charge in [-0.2, -0.15) is 0 Å². The van der Waals surface area contributed by atoms with E-state index in [4.69, 9.17) is 9.47 Å². The SMILES string of the molecule is COc1cccc(C2C(C(=O)OCC(C)C)=C(C)Nc3c2c(=O)n(C)c(=O)n3C)c1. The topological polar surface area (TPSA) is 91.6 Å². The molecule has 0 spiro atoms. The lowest BCUT2D eigenvalue weighted by atomic mass is 9.82. The van der Waals surface area contributed by atoms with Gasteiger partial charge in [-0.05, 0) is 30.5 Å². The summed E-state index contributed by atoms with van der Waals surface area (Å²) < 4.78 is 13.3. The van der Waals surface area contributed by atoms with E-state index >= 15 is 0 Å². The molecule has 160 valence electrons. The van der Waals surface area contributed by atoms with Gasteiger partial charge in [0, 0.05) is 19.8 Å². The molecule has 0 radical (unpaired) electrons. The average Bonchev–Trinajstić information content (AvgIpc) is 2.73. The second kappa shape index (κ2) is 8.22. The van der Waals surface area contributed by atoms with Crippen molar-refractivity contribution in [2.45, 2.75) is 26.7 Å². The fraction of sp³-hybridized carbons (Fsp3) is 0.409. The average molecular weight is 413 g/mol. The summed E-state index contributed by atoms with van der Waals surface area (Å²) in [6.45, 7) is 5.91. The molecule has 1 aliphatic heterocycles. The Morgan fingerprint density at radius 3 is 2.53 bits per heavy atom. The number of rotatable bonds is 5. The molecule has 1 aromatic heterocycles. The van der Waals surface area contributed by atoms with Crippen molar-refractivity contribution in [3.63, 3.8) is 0 Å². The van der Waals surface area contributed by atoms with Crippen LogP contribution >= 0.6 is 0 Å². The smallest absolute Gasteiger partial charge is 0.336 e. The van der Waals surface area contributed by atoms with Gasteiger partial charge in [-0.3, -0.25) is 13.9 Å². The Hall–Kier alpha value is -3.29. The molecule has 0 saturated carbocycles. The molecule has 0 amide bonds. The van der Waals surface area contributed by atoms with E-state index in [9.17, 15) is 14.4 Å². The quantitative estimate of drug-likeness (QED) is 0.755. The van der Waals surface area contributed by atoms with Crippen LogP contribution in [0, 0.1) is 5.92 Å². The van der Waals surface area contributed by atoms with Crippen molar-refractivity contribution >= 4 is 11.8 Å². The van der Waals surface area contributed by atoms with Crippen LogP contribution in [0.25, 0.3) is 0 Å². The van der Waals surface area contributed by atoms with Gasteiger partial charge in [-0.1, -0.05) is 26.0 Å². The van der Waals surface area contributed by atoms with Crippen molar-refractivity contribution in [3.05, 3.63) is 67.5 Å². The number of carbonyl (C=O) groups excluding carboxylic acids is 1. The first-order valence-corrected chi connectivity index (χ1v) is 9.76. The molecule has 1 aromatic carbocycles. The van der Waals surface area contributed by atoms with Crippen molar-refractivity contribution < 1.29 is 14.3 Å². The van der Waals surface area contributed by atoms with E-state index in [0.29, 0.717) is 34.0 Å². The first-order valence-electron chi connectivity index (χ1n) is 9.76. The molecule has 2 heterocycles. The van der Waals surface area contributed by atoms with Crippen LogP contribution in [0.5, 0.6) is 5.75 Å².